The quantitative estimate of drug-likeness (QED) is 0.259. The van der Waals surface area contributed by atoms with E-state index >= 15 is 0 Å². The van der Waals surface area contributed by atoms with Crippen molar-refractivity contribution in [2.75, 3.05) is 4.81 Å². The number of halogens is 9. The molecule has 0 aromatic heterocycles. The minimum Gasteiger partial charge on any atom is -0.377 e. The lowest BCUT2D eigenvalue weighted by Crippen LogP contribution is -2.47. The van der Waals surface area contributed by atoms with Gasteiger partial charge in [-0.2, -0.15) is 39.5 Å². The SMILES string of the molecule is FC(F)(F)c1ccc(B2C=CC=C(c3ccc(C(F)(F)F)cc3)N2c2ccc(C(F)(F)F)cc2)cc1. The summed E-state index contributed by atoms with van der Waals surface area (Å²) in [5, 5.41) is 0. The maximum absolute atomic E-state index is 13.1. The molecule has 3 aromatic rings. The summed E-state index contributed by atoms with van der Waals surface area (Å²) in [7, 11) is 0. The highest BCUT2D eigenvalue weighted by Gasteiger charge is 2.35. The van der Waals surface area contributed by atoms with E-state index < -0.39 is 42.1 Å². The smallest absolute Gasteiger partial charge is 0.377 e. The van der Waals surface area contributed by atoms with Gasteiger partial charge in [-0.1, -0.05) is 53.9 Å². The van der Waals surface area contributed by atoms with Crippen molar-refractivity contribution >= 4 is 23.7 Å². The van der Waals surface area contributed by atoms with Gasteiger partial charge >= 0.3 is 25.4 Å². The number of benzene rings is 3. The molecule has 4 rings (SSSR count). The zero-order chi connectivity index (χ0) is 26.3. The third kappa shape index (κ3) is 5.29. The van der Waals surface area contributed by atoms with Crippen LogP contribution in [0.2, 0.25) is 0 Å². The molecule has 0 amide bonds. The minimum absolute atomic E-state index is 0.267. The van der Waals surface area contributed by atoms with Gasteiger partial charge in [-0.15, -0.1) is 0 Å². The Balaban J connectivity index is 1.79. The first-order valence-electron chi connectivity index (χ1n) is 10.4. The first-order chi connectivity index (χ1) is 16.7. The summed E-state index contributed by atoms with van der Waals surface area (Å²) in [5.41, 5.74) is -1.28. The summed E-state index contributed by atoms with van der Waals surface area (Å²) in [6, 6.07) is 12.7. The van der Waals surface area contributed by atoms with E-state index in [1.807, 2.05) is 0 Å². The molecule has 0 saturated carbocycles. The number of alkyl halides is 9. The molecule has 0 unspecified atom stereocenters. The monoisotopic (exact) mass is 511 g/mol. The van der Waals surface area contributed by atoms with Crippen LogP contribution in [0.25, 0.3) is 5.70 Å². The average molecular weight is 511 g/mol. The first kappa shape index (κ1) is 25.5. The summed E-state index contributed by atoms with van der Waals surface area (Å²) in [4.78, 5) is 1.56. The van der Waals surface area contributed by atoms with Crippen LogP contribution in [0.3, 0.4) is 0 Å². The van der Waals surface area contributed by atoms with Crippen LogP contribution in [0.15, 0.2) is 90.9 Å². The molecule has 3 aromatic carbocycles. The van der Waals surface area contributed by atoms with E-state index in [-0.39, 0.29) is 5.69 Å². The van der Waals surface area contributed by atoms with Crippen LogP contribution in [0, 0.1) is 0 Å². The number of anilines is 1. The molecule has 186 valence electrons. The fourth-order valence-electron chi connectivity index (χ4n) is 3.87. The number of rotatable bonds is 3. The minimum atomic E-state index is -4.58. The molecule has 0 fully saturated rings. The van der Waals surface area contributed by atoms with Crippen LogP contribution in [-0.4, -0.2) is 6.85 Å². The van der Waals surface area contributed by atoms with Crippen molar-refractivity contribution in [3.63, 3.8) is 0 Å². The van der Waals surface area contributed by atoms with Crippen molar-refractivity contribution in [2.45, 2.75) is 18.5 Å². The van der Waals surface area contributed by atoms with Gasteiger partial charge in [-0.05, 0) is 48.0 Å². The molecular formula is C25H15BF9N. The Labute approximate surface area is 200 Å². The van der Waals surface area contributed by atoms with E-state index in [0.717, 1.165) is 36.4 Å². The first-order valence-corrected chi connectivity index (χ1v) is 10.4. The Bertz CT molecular complexity index is 1270. The van der Waals surface area contributed by atoms with Gasteiger partial charge in [0, 0.05) is 11.4 Å². The van der Waals surface area contributed by atoms with Crippen molar-refractivity contribution in [3.05, 3.63) is 113 Å². The maximum Gasteiger partial charge on any atom is 0.416 e. The normalized spacial score (nSPS) is 14.8. The number of nitrogens with zero attached hydrogens (tertiary/aromatic N) is 1. The number of hydrogen-bond acceptors (Lipinski definition) is 1. The molecule has 0 radical (unpaired) electrons. The van der Waals surface area contributed by atoms with Crippen LogP contribution in [0.4, 0.5) is 45.2 Å². The Morgan fingerprint density at radius 1 is 0.528 bits per heavy atom. The predicted octanol–water partition coefficient (Wildman–Crippen LogP) is 7.60. The third-order valence-electron chi connectivity index (χ3n) is 5.65. The van der Waals surface area contributed by atoms with Gasteiger partial charge in [0.1, 0.15) is 0 Å². The van der Waals surface area contributed by atoms with Crippen molar-refractivity contribution < 1.29 is 39.5 Å². The van der Waals surface area contributed by atoms with Crippen molar-refractivity contribution in [3.8, 4) is 0 Å². The molecule has 1 aliphatic heterocycles. The van der Waals surface area contributed by atoms with E-state index in [2.05, 4.69) is 0 Å². The van der Waals surface area contributed by atoms with Crippen LogP contribution in [0.1, 0.15) is 22.3 Å². The van der Waals surface area contributed by atoms with Gasteiger partial charge in [-0.25, -0.2) is 0 Å². The van der Waals surface area contributed by atoms with Gasteiger partial charge in [0.05, 0.1) is 16.7 Å². The second-order valence-corrected chi connectivity index (χ2v) is 7.99. The summed E-state index contributed by atoms with van der Waals surface area (Å²) in [6.45, 7) is -0.744. The lowest BCUT2D eigenvalue weighted by Gasteiger charge is -2.35. The molecular weight excluding hydrogens is 496 g/mol. The zero-order valence-corrected chi connectivity index (χ0v) is 18.1. The zero-order valence-electron chi connectivity index (χ0n) is 18.1. The van der Waals surface area contributed by atoms with E-state index in [0.29, 0.717) is 16.7 Å². The van der Waals surface area contributed by atoms with E-state index in [9.17, 15) is 39.5 Å². The maximum atomic E-state index is 13.1. The Kier molecular flexibility index (Phi) is 6.44. The molecule has 0 aliphatic carbocycles. The largest absolute Gasteiger partial charge is 0.416 e. The van der Waals surface area contributed by atoms with Crippen LogP contribution >= 0.6 is 0 Å². The predicted molar refractivity (Wildman–Crippen MR) is 119 cm³/mol. The van der Waals surface area contributed by atoms with Crippen LogP contribution in [-0.2, 0) is 18.5 Å². The van der Waals surface area contributed by atoms with Crippen molar-refractivity contribution in [1.29, 1.82) is 0 Å². The molecule has 0 N–H and O–H groups in total. The fraction of sp³-hybridized carbons (Fsp3) is 0.120. The van der Waals surface area contributed by atoms with Crippen molar-refractivity contribution in [2.24, 2.45) is 0 Å². The third-order valence-corrected chi connectivity index (χ3v) is 5.65. The lowest BCUT2D eigenvalue weighted by atomic mass is 9.52. The number of allylic oxidation sites excluding steroid dienone is 2. The topological polar surface area (TPSA) is 3.24 Å². The highest BCUT2D eigenvalue weighted by atomic mass is 19.4. The van der Waals surface area contributed by atoms with E-state index in [1.54, 1.807) is 22.9 Å². The second kappa shape index (κ2) is 9.11. The molecule has 0 saturated heterocycles. The standard InChI is InChI=1S/C25H15BF9N/c27-23(28,29)17-5-3-16(4-6-17)22-2-1-15-26(20-11-7-18(8-12-20)24(30,31)32)36(22)21-13-9-19(10-14-21)25(33,34)35/h1-15H. The van der Waals surface area contributed by atoms with Crippen molar-refractivity contribution in [1.82, 2.24) is 0 Å². The number of hydrogen-bond donors (Lipinski definition) is 0. The van der Waals surface area contributed by atoms with Gasteiger partial charge in [-0.3, -0.25) is 0 Å². The fourth-order valence-corrected chi connectivity index (χ4v) is 3.87. The molecule has 1 heterocycles. The van der Waals surface area contributed by atoms with Gasteiger partial charge in [0.15, 0.2) is 0 Å². The molecule has 1 nitrogen and oxygen atoms in total. The summed E-state index contributed by atoms with van der Waals surface area (Å²) >= 11 is 0. The van der Waals surface area contributed by atoms with Gasteiger partial charge in [0.25, 0.3) is 0 Å². The van der Waals surface area contributed by atoms with Gasteiger partial charge < -0.3 is 4.81 Å². The average Bonchev–Trinajstić information content (AvgIpc) is 2.82. The van der Waals surface area contributed by atoms with E-state index in [4.69, 9.17) is 0 Å². The second-order valence-electron chi connectivity index (χ2n) is 7.99. The summed E-state index contributed by atoms with van der Waals surface area (Å²) < 4.78 is 117. The highest BCUT2D eigenvalue weighted by molar-refractivity contribution is 6.83. The summed E-state index contributed by atoms with van der Waals surface area (Å²) in [6.07, 6.45) is -10.5. The molecule has 1 aliphatic rings. The molecule has 0 atom stereocenters. The Morgan fingerprint density at radius 3 is 1.39 bits per heavy atom. The van der Waals surface area contributed by atoms with Gasteiger partial charge in [0.2, 0.25) is 0 Å². The molecule has 11 heteroatoms. The molecule has 36 heavy (non-hydrogen) atoms. The molecule has 0 spiro atoms. The Morgan fingerprint density at radius 2 is 0.944 bits per heavy atom. The summed E-state index contributed by atoms with van der Waals surface area (Å²) in [5.74, 6) is 1.63. The lowest BCUT2D eigenvalue weighted by molar-refractivity contribution is -0.138. The molecule has 0 bridgehead atoms. The Hall–Kier alpha value is -3.63. The van der Waals surface area contributed by atoms with Crippen LogP contribution in [0.5, 0.6) is 0 Å². The van der Waals surface area contributed by atoms with E-state index in [1.165, 1.54) is 36.4 Å². The highest BCUT2D eigenvalue weighted by Crippen LogP contribution is 2.36. The van der Waals surface area contributed by atoms with Crippen LogP contribution < -0.4 is 10.3 Å².